The van der Waals surface area contributed by atoms with Crippen molar-refractivity contribution in [2.75, 3.05) is 12.9 Å². The zero-order valence-electron chi connectivity index (χ0n) is 13.0. The molecule has 22 heavy (non-hydrogen) atoms. The molecule has 0 N–H and O–H groups in total. The Balaban J connectivity index is 2.78. The Morgan fingerprint density at radius 1 is 1.36 bits per heavy atom. The molecule has 0 aromatic carbocycles. The minimum Gasteiger partial charge on any atom is -0.430 e. The van der Waals surface area contributed by atoms with Gasteiger partial charge in [-0.05, 0) is 19.3 Å². The Hall–Kier alpha value is -1.44. The van der Waals surface area contributed by atoms with Crippen molar-refractivity contribution < 1.29 is 22.4 Å². The molecular formula is C14H19F3N2O2S. The first-order valence-corrected chi connectivity index (χ1v) is 7.74. The van der Waals surface area contributed by atoms with Crippen LogP contribution in [0.15, 0.2) is 26.7 Å². The largest absolute Gasteiger partial charge is 0.430 e. The van der Waals surface area contributed by atoms with Gasteiger partial charge in [0, 0.05) is 12.2 Å². The molecule has 8 heteroatoms. The van der Waals surface area contributed by atoms with Crippen LogP contribution < -0.4 is 0 Å². The molecule has 0 radical (unpaired) electrons. The minimum atomic E-state index is -2.28. The second-order valence-electron chi connectivity index (χ2n) is 4.98. The van der Waals surface area contributed by atoms with Gasteiger partial charge in [0.15, 0.2) is 11.6 Å². The summed E-state index contributed by atoms with van der Waals surface area (Å²) in [7, 11) is 1.45. The number of nitrogens with zero attached hydrogens (tertiary/aromatic N) is 2. The topological polar surface area (TPSA) is 47.6 Å². The number of allylic oxidation sites excluding steroid dienone is 1. The lowest BCUT2D eigenvalue weighted by Crippen LogP contribution is -2.06. The standard InChI is InChI=1S/C14H19F3N2O2S/c1-8(2)7-11(19-20-4)12-9(3)18-14(21-12)22-6-5-10(15)13(16)17/h8H,5-7H2,1-4H3. The van der Waals surface area contributed by atoms with Gasteiger partial charge in [-0.15, -0.1) is 0 Å². The first kappa shape index (κ1) is 18.6. The molecule has 1 heterocycles. The zero-order valence-corrected chi connectivity index (χ0v) is 13.8. The third-order valence-electron chi connectivity index (χ3n) is 2.59. The number of oxazole rings is 1. The molecule has 0 atom stereocenters. The maximum atomic E-state index is 12.7. The van der Waals surface area contributed by atoms with Crippen LogP contribution in [0, 0.1) is 12.8 Å². The van der Waals surface area contributed by atoms with Crippen LogP contribution in [0.2, 0.25) is 0 Å². The van der Waals surface area contributed by atoms with E-state index in [1.54, 1.807) is 6.92 Å². The second-order valence-corrected chi connectivity index (χ2v) is 6.02. The number of hydrogen-bond acceptors (Lipinski definition) is 5. The summed E-state index contributed by atoms with van der Waals surface area (Å²) >= 11 is 1.07. The van der Waals surface area contributed by atoms with Gasteiger partial charge < -0.3 is 9.25 Å². The molecular weight excluding hydrogens is 317 g/mol. The summed E-state index contributed by atoms with van der Waals surface area (Å²) < 4.78 is 42.2. The van der Waals surface area contributed by atoms with Crippen LogP contribution >= 0.6 is 11.8 Å². The van der Waals surface area contributed by atoms with Gasteiger partial charge in [0.1, 0.15) is 12.8 Å². The molecule has 1 aromatic heterocycles. The van der Waals surface area contributed by atoms with Crippen LogP contribution in [0.4, 0.5) is 13.2 Å². The molecule has 0 spiro atoms. The molecule has 0 unspecified atom stereocenters. The van der Waals surface area contributed by atoms with Gasteiger partial charge in [-0.25, -0.2) is 9.37 Å². The van der Waals surface area contributed by atoms with Gasteiger partial charge in [-0.2, -0.15) is 8.78 Å². The molecule has 124 valence electrons. The average molecular weight is 336 g/mol. The van der Waals surface area contributed by atoms with Gasteiger partial charge >= 0.3 is 6.08 Å². The predicted octanol–water partition coefficient (Wildman–Crippen LogP) is 4.94. The number of aromatic nitrogens is 1. The van der Waals surface area contributed by atoms with Gasteiger partial charge in [0.2, 0.25) is 0 Å². The summed E-state index contributed by atoms with van der Waals surface area (Å²) in [5.41, 5.74) is 1.27. The number of rotatable bonds is 8. The summed E-state index contributed by atoms with van der Waals surface area (Å²) in [5, 5.41) is 4.25. The van der Waals surface area contributed by atoms with Crippen molar-refractivity contribution in [3.8, 4) is 0 Å². The molecule has 0 fully saturated rings. The van der Waals surface area contributed by atoms with E-state index in [-0.39, 0.29) is 12.2 Å². The molecule has 0 saturated heterocycles. The molecule has 1 rings (SSSR count). The normalized spacial score (nSPS) is 11.9. The Bertz CT molecular complexity index is 552. The van der Waals surface area contributed by atoms with E-state index in [1.807, 2.05) is 13.8 Å². The van der Waals surface area contributed by atoms with E-state index >= 15 is 0 Å². The Morgan fingerprint density at radius 2 is 2.05 bits per heavy atom. The highest BCUT2D eigenvalue weighted by Crippen LogP contribution is 2.25. The first-order valence-electron chi connectivity index (χ1n) is 6.75. The molecule has 0 aliphatic carbocycles. The summed E-state index contributed by atoms with van der Waals surface area (Å²) in [4.78, 5) is 9.01. The van der Waals surface area contributed by atoms with E-state index in [1.165, 1.54) is 7.11 Å². The lowest BCUT2D eigenvalue weighted by atomic mass is 10.0. The van der Waals surface area contributed by atoms with Crippen molar-refractivity contribution in [1.82, 2.24) is 4.98 Å². The van der Waals surface area contributed by atoms with Gasteiger partial charge in [0.05, 0.1) is 5.69 Å². The van der Waals surface area contributed by atoms with Crippen LogP contribution in [0.5, 0.6) is 0 Å². The predicted molar refractivity (Wildman–Crippen MR) is 79.9 cm³/mol. The fourth-order valence-corrected chi connectivity index (χ4v) is 2.49. The molecule has 0 amide bonds. The lowest BCUT2D eigenvalue weighted by molar-refractivity contribution is 0.211. The lowest BCUT2D eigenvalue weighted by Gasteiger charge is -2.05. The highest BCUT2D eigenvalue weighted by atomic mass is 32.2. The van der Waals surface area contributed by atoms with Gasteiger partial charge in [-0.1, -0.05) is 30.8 Å². The quantitative estimate of drug-likeness (QED) is 0.383. The monoisotopic (exact) mass is 336 g/mol. The summed E-state index contributed by atoms with van der Waals surface area (Å²) in [6, 6.07) is 0. The Labute approximate surface area is 131 Å². The first-order chi connectivity index (χ1) is 10.3. The van der Waals surface area contributed by atoms with Crippen LogP contribution in [0.1, 0.15) is 38.1 Å². The maximum Gasteiger partial charge on any atom is 0.301 e. The SMILES string of the molecule is CON=C(CC(C)C)c1oc(SCCC(F)=C(F)F)nc1C. The Morgan fingerprint density at radius 3 is 2.59 bits per heavy atom. The number of thioether (sulfide) groups is 1. The highest BCUT2D eigenvalue weighted by molar-refractivity contribution is 7.99. The molecule has 4 nitrogen and oxygen atoms in total. The molecule has 0 aliphatic heterocycles. The van der Waals surface area contributed by atoms with Crippen molar-refractivity contribution in [2.45, 2.75) is 38.8 Å². The van der Waals surface area contributed by atoms with E-state index in [2.05, 4.69) is 10.1 Å². The Kier molecular flexibility index (Phi) is 7.50. The molecule has 0 saturated carbocycles. The molecule has 0 bridgehead atoms. The molecule has 0 aliphatic rings. The average Bonchev–Trinajstić information content (AvgIpc) is 2.78. The smallest absolute Gasteiger partial charge is 0.301 e. The van der Waals surface area contributed by atoms with Crippen molar-refractivity contribution in [3.05, 3.63) is 23.4 Å². The maximum absolute atomic E-state index is 12.7. The van der Waals surface area contributed by atoms with Crippen LogP contribution in [-0.2, 0) is 4.84 Å². The van der Waals surface area contributed by atoms with Gasteiger partial charge in [-0.3, -0.25) is 0 Å². The molecule has 1 aromatic rings. The van der Waals surface area contributed by atoms with E-state index in [0.717, 1.165) is 11.8 Å². The van der Waals surface area contributed by atoms with E-state index in [9.17, 15) is 13.2 Å². The van der Waals surface area contributed by atoms with E-state index < -0.39 is 11.9 Å². The van der Waals surface area contributed by atoms with E-state index in [4.69, 9.17) is 9.25 Å². The third kappa shape index (κ3) is 5.75. The number of halogens is 3. The van der Waals surface area contributed by atoms with Gasteiger partial charge in [0.25, 0.3) is 5.22 Å². The summed E-state index contributed by atoms with van der Waals surface area (Å²) in [6.45, 7) is 5.83. The second kappa shape index (κ2) is 8.87. The number of hydrogen-bond donors (Lipinski definition) is 0. The fraction of sp³-hybridized carbons (Fsp3) is 0.571. The number of aryl methyl sites for hydroxylation is 1. The van der Waals surface area contributed by atoms with Crippen molar-refractivity contribution in [2.24, 2.45) is 11.1 Å². The van der Waals surface area contributed by atoms with Crippen molar-refractivity contribution in [3.63, 3.8) is 0 Å². The van der Waals surface area contributed by atoms with Crippen molar-refractivity contribution in [1.29, 1.82) is 0 Å². The zero-order chi connectivity index (χ0) is 16.7. The van der Waals surface area contributed by atoms with Crippen LogP contribution in [-0.4, -0.2) is 23.6 Å². The number of oxime groups is 1. The third-order valence-corrected chi connectivity index (χ3v) is 3.42. The summed E-state index contributed by atoms with van der Waals surface area (Å²) in [5.74, 6) is -0.437. The van der Waals surface area contributed by atoms with Crippen LogP contribution in [0.3, 0.4) is 0 Å². The summed E-state index contributed by atoms with van der Waals surface area (Å²) in [6.07, 6.45) is -2.00. The minimum absolute atomic E-state index is 0.115. The highest BCUT2D eigenvalue weighted by Gasteiger charge is 2.18. The fourth-order valence-electron chi connectivity index (χ4n) is 1.69. The van der Waals surface area contributed by atoms with Crippen molar-refractivity contribution >= 4 is 17.5 Å². The van der Waals surface area contributed by atoms with Crippen LogP contribution in [0.25, 0.3) is 0 Å². The van der Waals surface area contributed by atoms with E-state index in [0.29, 0.717) is 34.7 Å².